The summed E-state index contributed by atoms with van der Waals surface area (Å²) in [4.78, 5) is 0. The van der Waals surface area contributed by atoms with Crippen LogP contribution < -0.4 is 14.8 Å². The van der Waals surface area contributed by atoms with Crippen molar-refractivity contribution in [1.82, 2.24) is 5.32 Å². The van der Waals surface area contributed by atoms with Crippen molar-refractivity contribution in [2.75, 3.05) is 14.2 Å². The first-order chi connectivity index (χ1) is 10.1. The van der Waals surface area contributed by atoms with Crippen LogP contribution in [0, 0.1) is 0 Å². The van der Waals surface area contributed by atoms with Crippen molar-refractivity contribution in [3.63, 3.8) is 0 Å². The van der Waals surface area contributed by atoms with Crippen molar-refractivity contribution in [2.24, 2.45) is 0 Å². The smallest absolute Gasteiger partial charge is 0.127 e. The second kappa shape index (κ2) is 7.69. The van der Waals surface area contributed by atoms with Crippen LogP contribution in [0.1, 0.15) is 11.1 Å². The monoisotopic (exact) mass is 369 g/mol. The zero-order valence-electron chi connectivity index (χ0n) is 12.0. The highest BCUT2D eigenvalue weighted by atomic mass is 79.9. The van der Waals surface area contributed by atoms with Crippen LogP contribution in [0.5, 0.6) is 11.5 Å². The number of hydrogen-bond donors (Lipinski definition) is 1. The molecule has 2 aromatic rings. The Labute approximate surface area is 138 Å². The fraction of sp³-hybridized carbons (Fsp3) is 0.250. The average Bonchev–Trinajstić information content (AvgIpc) is 2.51. The quantitative estimate of drug-likeness (QED) is 0.817. The summed E-state index contributed by atoms with van der Waals surface area (Å²) in [7, 11) is 3.31. The molecule has 3 nitrogen and oxygen atoms in total. The highest BCUT2D eigenvalue weighted by Gasteiger charge is 2.05. The van der Waals surface area contributed by atoms with E-state index in [0.717, 1.165) is 33.1 Å². The lowest BCUT2D eigenvalue weighted by Crippen LogP contribution is -2.13. The molecule has 112 valence electrons. The maximum absolute atomic E-state index is 5.98. The van der Waals surface area contributed by atoms with Gasteiger partial charge in [0.1, 0.15) is 11.5 Å². The SMILES string of the molecule is COc1ccc(CNCc2ccc(Cl)c(Br)c2)c(OC)c1. The number of rotatable bonds is 6. The van der Waals surface area contributed by atoms with Gasteiger partial charge in [-0.3, -0.25) is 0 Å². The largest absolute Gasteiger partial charge is 0.497 e. The highest BCUT2D eigenvalue weighted by molar-refractivity contribution is 9.10. The molecule has 0 saturated heterocycles. The fourth-order valence-electron chi connectivity index (χ4n) is 1.99. The molecule has 0 spiro atoms. The van der Waals surface area contributed by atoms with Gasteiger partial charge in [-0.1, -0.05) is 23.7 Å². The fourth-order valence-corrected chi connectivity index (χ4v) is 2.53. The summed E-state index contributed by atoms with van der Waals surface area (Å²) in [5.41, 5.74) is 2.25. The van der Waals surface area contributed by atoms with E-state index in [2.05, 4.69) is 21.2 Å². The van der Waals surface area contributed by atoms with Crippen LogP contribution in [0.25, 0.3) is 0 Å². The summed E-state index contributed by atoms with van der Waals surface area (Å²) < 4.78 is 11.5. The number of ether oxygens (including phenoxy) is 2. The molecule has 2 aromatic carbocycles. The molecule has 1 N–H and O–H groups in total. The minimum absolute atomic E-state index is 0.716. The van der Waals surface area contributed by atoms with Gasteiger partial charge in [0, 0.05) is 29.2 Å². The zero-order valence-corrected chi connectivity index (χ0v) is 14.3. The van der Waals surface area contributed by atoms with E-state index in [4.69, 9.17) is 21.1 Å². The van der Waals surface area contributed by atoms with Gasteiger partial charge in [0.2, 0.25) is 0 Å². The number of methoxy groups -OCH3 is 2. The first-order valence-electron chi connectivity index (χ1n) is 6.49. The molecule has 0 fully saturated rings. The number of benzene rings is 2. The Hall–Kier alpha value is -1.23. The van der Waals surface area contributed by atoms with Crippen molar-refractivity contribution in [2.45, 2.75) is 13.1 Å². The number of halogens is 2. The molecule has 0 aliphatic carbocycles. The van der Waals surface area contributed by atoms with Crippen molar-refractivity contribution in [3.05, 3.63) is 57.0 Å². The van der Waals surface area contributed by atoms with Crippen LogP contribution in [0.3, 0.4) is 0 Å². The summed E-state index contributed by atoms with van der Waals surface area (Å²) in [5.74, 6) is 1.61. The van der Waals surface area contributed by atoms with Crippen molar-refractivity contribution in [1.29, 1.82) is 0 Å². The molecule has 0 heterocycles. The molecule has 0 atom stereocenters. The molecule has 5 heteroatoms. The van der Waals surface area contributed by atoms with Crippen LogP contribution in [-0.2, 0) is 13.1 Å². The minimum atomic E-state index is 0.716. The van der Waals surface area contributed by atoms with Crippen LogP contribution >= 0.6 is 27.5 Å². The average molecular weight is 371 g/mol. The van der Waals surface area contributed by atoms with Crippen molar-refractivity contribution < 1.29 is 9.47 Å². The summed E-state index contributed by atoms with van der Waals surface area (Å²) in [5, 5.41) is 4.11. The summed E-state index contributed by atoms with van der Waals surface area (Å²) in [6.45, 7) is 1.47. The Bertz CT molecular complexity index is 619. The molecule has 0 unspecified atom stereocenters. The molecule has 0 radical (unpaired) electrons. The van der Waals surface area contributed by atoms with E-state index in [1.54, 1.807) is 14.2 Å². The molecular weight excluding hydrogens is 354 g/mol. The van der Waals surface area contributed by atoms with Gasteiger partial charge in [0.25, 0.3) is 0 Å². The lowest BCUT2D eigenvalue weighted by Gasteiger charge is -2.11. The minimum Gasteiger partial charge on any atom is -0.497 e. The van der Waals surface area contributed by atoms with Crippen LogP contribution in [0.15, 0.2) is 40.9 Å². The maximum atomic E-state index is 5.98. The van der Waals surface area contributed by atoms with E-state index in [1.807, 2.05) is 36.4 Å². The van der Waals surface area contributed by atoms with E-state index in [9.17, 15) is 0 Å². The van der Waals surface area contributed by atoms with E-state index >= 15 is 0 Å². The zero-order chi connectivity index (χ0) is 15.2. The third-order valence-electron chi connectivity index (χ3n) is 3.12. The molecule has 0 saturated carbocycles. The Morgan fingerprint density at radius 2 is 1.86 bits per heavy atom. The standard InChI is InChI=1S/C16H17BrClNO2/c1-20-13-5-4-12(16(8-13)21-2)10-19-9-11-3-6-15(18)14(17)7-11/h3-8,19H,9-10H2,1-2H3. The molecule has 2 rings (SSSR count). The Morgan fingerprint density at radius 3 is 2.52 bits per heavy atom. The van der Waals surface area contributed by atoms with Crippen molar-refractivity contribution >= 4 is 27.5 Å². The second-order valence-corrected chi connectivity index (χ2v) is 5.79. The van der Waals surface area contributed by atoms with Crippen molar-refractivity contribution in [3.8, 4) is 11.5 Å². The second-order valence-electron chi connectivity index (χ2n) is 4.53. The summed E-state index contributed by atoms with van der Waals surface area (Å²) in [6, 6.07) is 11.7. The van der Waals surface area contributed by atoms with Gasteiger partial charge < -0.3 is 14.8 Å². The molecule has 0 aromatic heterocycles. The molecule has 0 aliphatic rings. The molecule has 0 amide bonds. The van der Waals surface area contributed by atoms with E-state index in [0.29, 0.717) is 6.54 Å². The molecule has 0 bridgehead atoms. The van der Waals surface area contributed by atoms with Gasteiger partial charge in [-0.05, 0) is 39.7 Å². The van der Waals surface area contributed by atoms with E-state index in [1.165, 1.54) is 5.56 Å². The first-order valence-corrected chi connectivity index (χ1v) is 7.66. The normalized spacial score (nSPS) is 10.5. The van der Waals surface area contributed by atoms with E-state index in [-0.39, 0.29) is 0 Å². The van der Waals surface area contributed by atoms with Gasteiger partial charge in [0.15, 0.2) is 0 Å². The maximum Gasteiger partial charge on any atom is 0.127 e. The van der Waals surface area contributed by atoms with Crippen LogP contribution in [-0.4, -0.2) is 14.2 Å². The number of nitrogens with one attached hydrogen (secondary N) is 1. The number of hydrogen-bond acceptors (Lipinski definition) is 3. The third-order valence-corrected chi connectivity index (χ3v) is 4.34. The Morgan fingerprint density at radius 1 is 1.05 bits per heavy atom. The van der Waals surface area contributed by atoms with Gasteiger partial charge in [-0.15, -0.1) is 0 Å². The predicted octanol–water partition coefficient (Wildman–Crippen LogP) is 4.41. The third kappa shape index (κ3) is 4.37. The lowest BCUT2D eigenvalue weighted by molar-refractivity contribution is 0.390. The molecule has 0 aliphatic heterocycles. The van der Waals surface area contributed by atoms with Gasteiger partial charge in [-0.2, -0.15) is 0 Å². The van der Waals surface area contributed by atoms with Crippen LogP contribution in [0.4, 0.5) is 0 Å². The molecular formula is C16H17BrClNO2. The first kappa shape index (κ1) is 16.1. The van der Waals surface area contributed by atoms with Gasteiger partial charge in [0.05, 0.1) is 19.2 Å². The summed E-state index contributed by atoms with van der Waals surface area (Å²) in [6.07, 6.45) is 0. The highest BCUT2D eigenvalue weighted by Crippen LogP contribution is 2.25. The Kier molecular flexibility index (Phi) is 5.91. The summed E-state index contributed by atoms with van der Waals surface area (Å²) >= 11 is 9.41. The topological polar surface area (TPSA) is 30.5 Å². The lowest BCUT2D eigenvalue weighted by atomic mass is 10.1. The molecule has 21 heavy (non-hydrogen) atoms. The van der Waals surface area contributed by atoms with Gasteiger partial charge in [-0.25, -0.2) is 0 Å². The Balaban J connectivity index is 1.98. The van der Waals surface area contributed by atoms with Gasteiger partial charge >= 0.3 is 0 Å². The van der Waals surface area contributed by atoms with Crippen LogP contribution in [0.2, 0.25) is 5.02 Å². The predicted molar refractivity (Wildman–Crippen MR) is 89.2 cm³/mol. The van der Waals surface area contributed by atoms with E-state index < -0.39 is 0 Å².